The molecule has 2 aromatic rings. The third-order valence-electron chi connectivity index (χ3n) is 3.45. The lowest BCUT2D eigenvalue weighted by molar-refractivity contribution is -0.140. The Labute approximate surface area is 135 Å². The van der Waals surface area contributed by atoms with Crippen LogP contribution in [-0.4, -0.2) is 28.1 Å². The number of nitrogens with zero attached hydrogens (tertiary/aromatic N) is 3. The van der Waals surface area contributed by atoms with Gasteiger partial charge in [0.2, 0.25) is 5.90 Å². The molecule has 0 amide bonds. The van der Waals surface area contributed by atoms with Gasteiger partial charge in [-0.25, -0.2) is 4.99 Å². The number of nitrogen functional groups attached to an aromatic ring is 1. The van der Waals surface area contributed by atoms with E-state index in [0.29, 0.717) is 5.69 Å². The van der Waals surface area contributed by atoms with Gasteiger partial charge in [0, 0.05) is 18.9 Å². The van der Waals surface area contributed by atoms with Crippen molar-refractivity contribution in [3.05, 3.63) is 53.3 Å². The third-order valence-corrected chi connectivity index (χ3v) is 3.45. The van der Waals surface area contributed by atoms with Crippen molar-refractivity contribution in [2.75, 3.05) is 12.8 Å². The van der Waals surface area contributed by atoms with E-state index in [1.54, 1.807) is 0 Å². The Morgan fingerprint density at radius 3 is 2.75 bits per heavy atom. The van der Waals surface area contributed by atoms with E-state index in [0.717, 1.165) is 11.1 Å². The smallest absolute Gasteiger partial charge is 0.418 e. The van der Waals surface area contributed by atoms with Crippen molar-refractivity contribution < 1.29 is 23.1 Å². The second-order valence-electron chi connectivity index (χ2n) is 5.16. The molecule has 0 saturated heterocycles. The van der Waals surface area contributed by atoms with Crippen molar-refractivity contribution in [3.8, 4) is 5.75 Å². The summed E-state index contributed by atoms with van der Waals surface area (Å²) in [5.41, 5.74) is 5.02. The first-order chi connectivity index (χ1) is 11.3. The Morgan fingerprint density at radius 2 is 2.04 bits per heavy atom. The van der Waals surface area contributed by atoms with Crippen LogP contribution in [0.2, 0.25) is 0 Å². The lowest BCUT2D eigenvalue weighted by Crippen LogP contribution is -2.23. The summed E-state index contributed by atoms with van der Waals surface area (Å²) < 4.78 is 39.5. The van der Waals surface area contributed by atoms with Crippen LogP contribution < -0.4 is 5.73 Å². The topological polar surface area (TPSA) is 84.0 Å². The Bertz CT molecular complexity index is 808. The maximum absolute atomic E-state index is 13.2. The summed E-state index contributed by atoms with van der Waals surface area (Å²) in [4.78, 5) is 13.3. The maximum Gasteiger partial charge on any atom is 0.418 e. The molecule has 1 aromatic heterocycles. The average Bonchev–Trinajstić information content (AvgIpc) is 2.90. The fourth-order valence-electron chi connectivity index (χ4n) is 2.34. The molecule has 0 spiro atoms. The second kappa shape index (κ2) is 5.68. The molecule has 1 aliphatic rings. The van der Waals surface area contributed by atoms with Gasteiger partial charge in [0.15, 0.2) is 6.17 Å². The van der Waals surface area contributed by atoms with Gasteiger partial charge in [0.1, 0.15) is 5.75 Å². The quantitative estimate of drug-likeness (QED) is 0.650. The average molecular weight is 338 g/mol. The molecule has 3 N–H and O–H groups in total. The van der Waals surface area contributed by atoms with Crippen LogP contribution in [0.15, 0.2) is 41.5 Å². The number of anilines is 1. The number of aromatic hydroxyl groups is 1. The number of aromatic nitrogens is 1. The first kappa shape index (κ1) is 16.1. The fraction of sp³-hybridized carbons (Fsp3) is 0.200. The summed E-state index contributed by atoms with van der Waals surface area (Å²) in [6.07, 6.45) is -4.41. The monoisotopic (exact) mass is 338 g/mol. The summed E-state index contributed by atoms with van der Waals surface area (Å²) in [5.74, 6) is -0.180. The summed E-state index contributed by atoms with van der Waals surface area (Å²) in [6.45, 7) is 0. The summed E-state index contributed by atoms with van der Waals surface area (Å²) in [6, 6.07) is 6.40. The van der Waals surface area contributed by atoms with Crippen molar-refractivity contribution in [1.29, 1.82) is 0 Å². The predicted octanol–water partition coefficient (Wildman–Crippen LogP) is 2.71. The van der Waals surface area contributed by atoms with E-state index in [1.807, 2.05) is 0 Å². The summed E-state index contributed by atoms with van der Waals surface area (Å²) >= 11 is 0. The maximum atomic E-state index is 13.2. The normalized spacial score (nSPS) is 18.3. The minimum Gasteiger partial charge on any atom is -0.507 e. The molecule has 0 saturated carbocycles. The van der Waals surface area contributed by atoms with Crippen molar-refractivity contribution in [2.24, 2.45) is 4.99 Å². The van der Waals surface area contributed by atoms with Crippen LogP contribution >= 0.6 is 0 Å². The van der Waals surface area contributed by atoms with Crippen LogP contribution in [-0.2, 0) is 11.0 Å². The van der Waals surface area contributed by atoms with Gasteiger partial charge in [-0.15, -0.1) is 5.06 Å². The molecule has 9 heteroatoms. The highest BCUT2D eigenvalue weighted by molar-refractivity contribution is 5.98. The number of hydrogen-bond acceptors (Lipinski definition) is 6. The Kier molecular flexibility index (Phi) is 3.80. The van der Waals surface area contributed by atoms with E-state index < -0.39 is 17.9 Å². The molecule has 1 unspecified atom stereocenters. The van der Waals surface area contributed by atoms with Gasteiger partial charge in [-0.3, -0.25) is 4.98 Å². The van der Waals surface area contributed by atoms with Crippen LogP contribution in [0, 0.1) is 0 Å². The zero-order chi connectivity index (χ0) is 17.5. The zero-order valence-electron chi connectivity index (χ0n) is 12.4. The Morgan fingerprint density at radius 1 is 1.29 bits per heavy atom. The zero-order valence-corrected chi connectivity index (χ0v) is 12.4. The standard InChI is InChI=1S/C15H13F3N4O2/c1-22-13(12-10(15(16,17)18)3-2-6-20-12)21-14(24-22)9-7-8(19)4-5-11(9)23/h2-7,13,23H,19H2,1H3. The number of benzene rings is 1. The molecular weight excluding hydrogens is 325 g/mol. The molecule has 24 heavy (non-hydrogen) atoms. The van der Waals surface area contributed by atoms with E-state index in [9.17, 15) is 18.3 Å². The fourth-order valence-corrected chi connectivity index (χ4v) is 2.34. The van der Waals surface area contributed by atoms with Gasteiger partial charge in [0.25, 0.3) is 0 Å². The van der Waals surface area contributed by atoms with E-state index in [-0.39, 0.29) is 22.9 Å². The van der Waals surface area contributed by atoms with Gasteiger partial charge in [-0.1, -0.05) is 0 Å². The number of nitrogens with two attached hydrogens (primary N) is 1. The second-order valence-corrected chi connectivity index (χ2v) is 5.16. The molecule has 1 atom stereocenters. The van der Waals surface area contributed by atoms with Crippen LogP contribution in [0.25, 0.3) is 0 Å². The molecule has 0 bridgehead atoms. The highest BCUT2D eigenvalue weighted by atomic mass is 19.4. The van der Waals surface area contributed by atoms with Crippen LogP contribution in [0.1, 0.15) is 23.0 Å². The number of alkyl halides is 3. The minimum absolute atomic E-state index is 0.0360. The number of phenols is 1. The van der Waals surface area contributed by atoms with Gasteiger partial charge in [0.05, 0.1) is 16.8 Å². The number of pyridine rings is 1. The molecule has 3 rings (SSSR count). The molecule has 1 aliphatic heterocycles. The highest BCUT2D eigenvalue weighted by Crippen LogP contribution is 2.38. The Balaban J connectivity index is 2.05. The summed E-state index contributed by atoms with van der Waals surface area (Å²) in [7, 11) is 1.43. The number of aliphatic imine (C=N–C) groups is 1. The molecule has 0 aliphatic carbocycles. The van der Waals surface area contributed by atoms with E-state index in [4.69, 9.17) is 10.6 Å². The van der Waals surface area contributed by atoms with Gasteiger partial charge >= 0.3 is 6.18 Å². The van der Waals surface area contributed by atoms with E-state index >= 15 is 0 Å². The van der Waals surface area contributed by atoms with E-state index in [2.05, 4.69) is 9.98 Å². The molecule has 126 valence electrons. The number of hydrogen-bond donors (Lipinski definition) is 2. The van der Waals surface area contributed by atoms with E-state index in [1.165, 1.54) is 37.5 Å². The SMILES string of the molecule is CN1OC(c2cc(N)ccc2O)=NC1c1ncccc1C(F)(F)F. The van der Waals surface area contributed by atoms with Gasteiger partial charge in [-0.2, -0.15) is 13.2 Å². The highest BCUT2D eigenvalue weighted by Gasteiger charge is 2.40. The number of rotatable bonds is 2. The molecular formula is C15H13F3N4O2. The molecule has 6 nitrogen and oxygen atoms in total. The minimum atomic E-state index is -4.57. The molecule has 2 heterocycles. The van der Waals surface area contributed by atoms with Gasteiger partial charge < -0.3 is 15.7 Å². The largest absolute Gasteiger partial charge is 0.507 e. The third kappa shape index (κ3) is 2.85. The predicted molar refractivity (Wildman–Crippen MR) is 79.9 cm³/mol. The molecule has 0 fully saturated rings. The number of halogens is 3. The number of phenolic OH excluding ortho intramolecular Hbond substituents is 1. The summed E-state index contributed by atoms with van der Waals surface area (Å²) in [5, 5.41) is 11.0. The van der Waals surface area contributed by atoms with Crippen LogP contribution in [0.3, 0.4) is 0 Å². The van der Waals surface area contributed by atoms with Crippen LogP contribution in [0.5, 0.6) is 5.75 Å². The lowest BCUT2D eigenvalue weighted by Gasteiger charge is -2.19. The van der Waals surface area contributed by atoms with Crippen molar-refractivity contribution in [1.82, 2.24) is 10.0 Å². The van der Waals surface area contributed by atoms with Gasteiger partial charge in [-0.05, 0) is 30.3 Å². The lowest BCUT2D eigenvalue weighted by atomic mass is 10.1. The molecule has 0 radical (unpaired) electrons. The van der Waals surface area contributed by atoms with Crippen LogP contribution in [0.4, 0.5) is 18.9 Å². The first-order valence-electron chi connectivity index (χ1n) is 6.87. The van der Waals surface area contributed by atoms with Crippen molar-refractivity contribution in [2.45, 2.75) is 12.3 Å². The molecule has 1 aromatic carbocycles. The van der Waals surface area contributed by atoms with Crippen molar-refractivity contribution in [3.63, 3.8) is 0 Å². The first-order valence-corrected chi connectivity index (χ1v) is 6.87. The number of hydroxylamine groups is 2. The Hall–Kier alpha value is -2.81. The van der Waals surface area contributed by atoms with Crippen molar-refractivity contribution >= 4 is 11.6 Å².